The molecule has 1 aromatic heterocycles. The zero-order chi connectivity index (χ0) is 20.2. The van der Waals surface area contributed by atoms with Crippen molar-refractivity contribution in [1.29, 1.82) is 0 Å². The van der Waals surface area contributed by atoms with E-state index in [2.05, 4.69) is 22.1 Å². The van der Waals surface area contributed by atoms with Gasteiger partial charge in [-0.25, -0.2) is 4.79 Å². The molecule has 5 nitrogen and oxygen atoms in total. The number of alkyl carbamates (subject to hydrolysis) is 1. The quantitative estimate of drug-likeness (QED) is 0.683. The van der Waals surface area contributed by atoms with E-state index in [4.69, 9.17) is 9.47 Å². The van der Waals surface area contributed by atoms with Crippen LogP contribution in [0.4, 0.5) is 4.79 Å². The number of methoxy groups -OCH3 is 1. The maximum atomic E-state index is 12.0. The number of pyridine rings is 1. The maximum Gasteiger partial charge on any atom is 0.408 e. The van der Waals surface area contributed by atoms with E-state index in [-0.39, 0.29) is 6.04 Å². The number of rotatable bonds is 3. The average molecular weight is 384 g/mol. The first-order chi connectivity index (χ1) is 14.1. The third-order valence-electron chi connectivity index (χ3n) is 4.70. The lowest BCUT2D eigenvalue weighted by Gasteiger charge is -2.18. The highest BCUT2D eigenvalue weighted by Gasteiger charge is 2.36. The van der Waals surface area contributed by atoms with Gasteiger partial charge in [0.1, 0.15) is 5.75 Å². The van der Waals surface area contributed by atoms with Gasteiger partial charge in [0, 0.05) is 23.5 Å². The maximum absolute atomic E-state index is 12.0. The lowest BCUT2D eigenvalue weighted by atomic mass is 9.95. The lowest BCUT2D eigenvalue weighted by Crippen LogP contribution is -2.19. The van der Waals surface area contributed by atoms with Gasteiger partial charge in [0.05, 0.1) is 13.2 Å². The number of cyclic esters (lactones) is 1. The fourth-order valence-electron chi connectivity index (χ4n) is 3.33. The number of hydrogen-bond donors (Lipinski definition) is 1. The highest BCUT2D eigenvalue weighted by atomic mass is 16.6. The molecule has 5 heteroatoms. The minimum atomic E-state index is -0.443. The van der Waals surface area contributed by atoms with Crippen LogP contribution in [0.3, 0.4) is 0 Å². The van der Waals surface area contributed by atoms with Gasteiger partial charge in [-0.05, 0) is 53.9 Å². The van der Waals surface area contributed by atoms with Crippen LogP contribution in [-0.2, 0) is 4.74 Å². The highest BCUT2D eigenvalue weighted by Crippen LogP contribution is 2.37. The first kappa shape index (κ1) is 18.6. The number of benzene rings is 2. The Balaban J connectivity index is 1.63. The van der Waals surface area contributed by atoms with E-state index in [0.29, 0.717) is 0 Å². The average Bonchev–Trinajstić information content (AvgIpc) is 3.14. The minimum absolute atomic E-state index is 0.308. The molecule has 3 aromatic rings. The Morgan fingerprint density at radius 1 is 1.00 bits per heavy atom. The summed E-state index contributed by atoms with van der Waals surface area (Å²) in [7, 11) is 1.61. The molecular weight excluding hydrogens is 364 g/mol. The Bertz CT molecular complexity index is 1110. The van der Waals surface area contributed by atoms with Crippen LogP contribution >= 0.6 is 0 Å². The lowest BCUT2D eigenvalue weighted by molar-refractivity contribution is 0.132. The molecule has 0 aliphatic carbocycles. The summed E-state index contributed by atoms with van der Waals surface area (Å²) in [4.78, 5) is 16.2. The Morgan fingerprint density at radius 2 is 1.79 bits per heavy atom. The summed E-state index contributed by atoms with van der Waals surface area (Å²) in [6, 6.07) is 17.1. The van der Waals surface area contributed by atoms with E-state index in [1.165, 1.54) is 0 Å². The number of carbonyl (C=O) groups is 1. The van der Waals surface area contributed by atoms with Gasteiger partial charge in [0.2, 0.25) is 0 Å². The van der Waals surface area contributed by atoms with Crippen molar-refractivity contribution in [3.63, 3.8) is 0 Å². The van der Waals surface area contributed by atoms with Gasteiger partial charge < -0.3 is 14.8 Å². The number of nitrogens with zero attached hydrogens (tertiary/aromatic N) is 1. The van der Waals surface area contributed by atoms with Crippen LogP contribution in [0, 0.1) is 18.8 Å². The topological polar surface area (TPSA) is 60.5 Å². The number of aromatic nitrogens is 1. The molecule has 29 heavy (non-hydrogen) atoms. The van der Waals surface area contributed by atoms with Crippen LogP contribution in [0.15, 0.2) is 67.0 Å². The van der Waals surface area contributed by atoms with Crippen molar-refractivity contribution < 1.29 is 14.3 Å². The molecule has 2 heterocycles. The van der Waals surface area contributed by atoms with E-state index < -0.39 is 12.2 Å². The summed E-state index contributed by atoms with van der Waals surface area (Å²) in [6.07, 6.45) is 2.66. The molecule has 4 rings (SSSR count). The highest BCUT2D eigenvalue weighted by molar-refractivity contribution is 5.71. The Kier molecular flexibility index (Phi) is 5.17. The number of amides is 1. The number of ether oxygens (including phenoxy) is 2. The van der Waals surface area contributed by atoms with E-state index in [0.717, 1.165) is 33.6 Å². The second-order valence-electron chi connectivity index (χ2n) is 6.85. The van der Waals surface area contributed by atoms with E-state index >= 15 is 0 Å². The standard InChI is InChI=1S/C24H20N2O3/c1-16-11-18(15-25-14-16)10-9-17-5-3-6-19(12-17)22-23(29-24(27)26-22)20-7-4-8-21(13-20)28-2/h3-8,11-15,22-23H,1-2H3,(H,26,27)/t22-,23-/m1/s1. The number of aryl methyl sites for hydroxylation is 1. The van der Waals surface area contributed by atoms with Crippen LogP contribution in [0.2, 0.25) is 0 Å². The van der Waals surface area contributed by atoms with E-state index in [1.54, 1.807) is 19.5 Å². The summed E-state index contributed by atoms with van der Waals surface area (Å²) in [6.45, 7) is 1.99. The van der Waals surface area contributed by atoms with Crippen LogP contribution in [-0.4, -0.2) is 18.2 Å². The SMILES string of the molecule is COc1cccc([C@H]2OC(=O)N[C@@H]2c2cccc(C#Cc3cncc(C)c3)c2)c1. The molecule has 1 aliphatic rings. The molecule has 1 amide bonds. The van der Waals surface area contributed by atoms with Crippen molar-refractivity contribution in [2.24, 2.45) is 0 Å². The first-order valence-corrected chi connectivity index (χ1v) is 9.27. The fraction of sp³-hybridized carbons (Fsp3) is 0.167. The molecule has 0 saturated carbocycles. The number of hydrogen-bond acceptors (Lipinski definition) is 4. The Hall–Kier alpha value is -3.78. The molecular formula is C24H20N2O3. The van der Waals surface area contributed by atoms with Crippen molar-refractivity contribution >= 4 is 6.09 Å². The largest absolute Gasteiger partial charge is 0.497 e. The fourth-order valence-corrected chi connectivity index (χ4v) is 3.33. The summed E-state index contributed by atoms with van der Waals surface area (Å²) < 4.78 is 10.8. The third kappa shape index (κ3) is 4.22. The summed E-state index contributed by atoms with van der Waals surface area (Å²) in [5, 5.41) is 2.90. The van der Waals surface area contributed by atoms with Gasteiger partial charge >= 0.3 is 6.09 Å². The monoisotopic (exact) mass is 384 g/mol. The second-order valence-corrected chi connectivity index (χ2v) is 6.85. The first-order valence-electron chi connectivity index (χ1n) is 9.27. The molecule has 1 saturated heterocycles. The number of nitrogens with one attached hydrogen (secondary N) is 1. The molecule has 0 spiro atoms. The van der Waals surface area contributed by atoms with Gasteiger partial charge in [-0.15, -0.1) is 0 Å². The molecule has 0 radical (unpaired) electrons. The molecule has 0 bridgehead atoms. The zero-order valence-electron chi connectivity index (χ0n) is 16.2. The summed E-state index contributed by atoms with van der Waals surface area (Å²) >= 11 is 0. The van der Waals surface area contributed by atoms with Gasteiger partial charge in [0.15, 0.2) is 6.10 Å². The number of carbonyl (C=O) groups excluding carboxylic acids is 1. The molecule has 2 atom stereocenters. The van der Waals surface area contributed by atoms with Gasteiger partial charge in [-0.2, -0.15) is 0 Å². The third-order valence-corrected chi connectivity index (χ3v) is 4.70. The van der Waals surface area contributed by atoms with Crippen molar-refractivity contribution in [3.8, 4) is 17.6 Å². The van der Waals surface area contributed by atoms with E-state index in [9.17, 15) is 4.79 Å². The molecule has 2 aromatic carbocycles. The summed E-state index contributed by atoms with van der Waals surface area (Å²) in [5.41, 5.74) is 4.59. The van der Waals surface area contributed by atoms with Crippen molar-refractivity contribution in [3.05, 3.63) is 94.8 Å². The van der Waals surface area contributed by atoms with Gasteiger partial charge in [0.25, 0.3) is 0 Å². The molecule has 1 fully saturated rings. The molecule has 144 valence electrons. The summed E-state index contributed by atoms with van der Waals surface area (Å²) in [5.74, 6) is 7.03. The Labute approximate surface area is 169 Å². The predicted molar refractivity (Wildman–Crippen MR) is 109 cm³/mol. The predicted octanol–water partition coefficient (Wildman–Crippen LogP) is 4.32. The van der Waals surface area contributed by atoms with Crippen LogP contribution in [0.5, 0.6) is 5.75 Å². The molecule has 0 unspecified atom stereocenters. The van der Waals surface area contributed by atoms with Crippen LogP contribution < -0.4 is 10.1 Å². The van der Waals surface area contributed by atoms with Crippen molar-refractivity contribution in [2.45, 2.75) is 19.1 Å². The van der Waals surface area contributed by atoms with Gasteiger partial charge in [-0.1, -0.05) is 36.1 Å². The normalized spacial score (nSPS) is 17.7. The smallest absolute Gasteiger partial charge is 0.408 e. The second kappa shape index (κ2) is 8.07. The van der Waals surface area contributed by atoms with Crippen LogP contribution in [0.1, 0.15) is 40.0 Å². The van der Waals surface area contributed by atoms with Crippen LogP contribution in [0.25, 0.3) is 0 Å². The van der Waals surface area contributed by atoms with Gasteiger partial charge in [-0.3, -0.25) is 4.98 Å². The Morgan fingerprint density at radius 3 is 2.62 bits per heavy atom. The van der Waals surface area contributed by atoms with Crippen molar-refractivity contribution in [1.82, 2.24) is 10.3 Å². The van der Waals surface area contributed by atoms with Crippen molar-refractivity contribution in [2.75, 3.05) is 7.11 Å². The zero-order valence-corrected chi connectivity index (χ0v) is 16.2. The molecule has 1 aliphatic heterocycles. The minimum Gasteiger partial charge on any atom is -0.497 e. The molecule has 1 N–H and O–H groups in total. The van der Waals surface area contributed by atoms with E-state index in [1.807, 2.05) is 61.5 Å².